The van der Waals surface area contributed by atoms with Crippen molar-refractivity contribution in [1.82, 2.24) is 9.80 Å². The first kappa shape index (κ1) is 13.4. The van der Waals surface area contributed by atoms with E-state index in [2.05, 4.69) is 0 Å². The maximum Gasteiger partial charge on any atom is 0.326 e. The van der Waals surface area contributed by atoms with E-state index in [4.69, 9.17) is 0 Å². The Bertz CT molecular complexity index is 499. The van der Waals surface area contributed by atoms with Gasteiger partial charge in [0.25, 0.3) is 0 Å². The topological polar surface area (TPSA) is 60.9 Å². The number of amides is 2. The van der Waals surface area contributed by atoms with Crippen LogP contribution in [0, 0.1) is 0 Å². The lowest BCUT2D eigenvalue weighted by atomic mass is 10.2. The van der Waals surface area contributed by atoms with Crippen molar-refractivity contribution < 1.29 is 14.7 Å². The van der Waals surface area contributed by atoms with E-state index in [-0.39, 0.29) is 12.1 Å². The second-order valence-corrected chi connectivity index (χ2v) is 6.24. The molecule has 1 aliphatic heterocycles. The molecule has 1 aromatic heterocycles. The molecule has 1 N–H and O–H groups in total. The van der Waals surface area contributed by atoms with Crippen LogP contribution in [0.4, 0.5) is 4.79 Å². The number of aliphatic carboxylic acids is 1. The molecule has 2 heterocycles. The highest BCUT2D eigenvalue weighted by Crippen LogP contribution is 2.31. The van der Waals surface area contributed by atoms with E-state index in [1.807, 2.05) is 21.7 Å². The van der Waals surface area contributed by atoms with Gasteiger partial charge in [0.15, 0.2) is 0 Å². The smallest absolute Gasteiger partial charge is 0.326 e. The van der Waals surface area contributed by atoms with Crippen LogP contribution in [0.25, 0.3) is 0 Å². The third-order valence-electron chi connectivity index (χ3n) is 3.95. The number of hydrogen-bond donors (Lipinski definition) is 1. The number of carbonyl (C=O) groups excluding carboxylic acids is 1. The lowest BCUT2D eigenvalue weighted by Crippen LogP contribution is -2.48. The Morgan fingerprint density at radius 2 is 2.20 bits per heavy atom. The monoisotopic (exact) mass is 294 g/mol. The van der Waals surface area contributed by atoms with Gasteiger partial charge in [0.05, 0.1) is 0 Å². The normalized spacial score (nSPS) is 22.0. The SMILES string of the molecule is O=C(O)[C@H]1CCCN1C(=O)N(Cc1ccsc1)C1CC1. The number of carboxylic acid groups (broad SMARTS) is 1. The fourth-order valence-corrected chi connectivity index (χ4v) is 3.40. The fraction of sp³-hybridized carbons (Fsp3) is 0.571. The highest BCUT2D eigenvalue weighted by molar-refractivity contribution is 7.07. The Labute approximate surface area is 121 Å². The summed E-state index contributed by atoms with van der Waals surface area (Å²) in [5.41, 5.74) is 1.13. The Morgan fingerprint density at radius 1 is 1.40 bits per heavy atom. The van der Waals surface area contributed by atoms with Gasteiger partial charge in [-0.2, -0.15) is 11.3 Å². The van der Waals surface area contributed by atoms with Gasteiger partial charge in [-0.25, -0.2) is 9.59 Å². The molecule has 1 saturated carbocycles. The van der Waals surface area contributed by atoms with E-state index in [1.54, 1.807) is 11.3 Å². The fourth-order valence-electron chi connectivity index (χ4n) is 2.74. The number of thiophene rings is 1. The van der Waals surface area contributed by atoms with Gasteiger partial charge in [-0.15, -0.1) is 0 Å². The Morgan fingerprint density at radius 3 is 2.80 bits per heavy atom. The summed E-state index contributed by atoms with van der Waals surface area (Å²) in [7, 11) is 0. The summed E-state index contributed by atoms with van der Waals surface area (Å²) < 4.78 is 0. The average Bonchev–Trinajstić information content (AvgIpc) is 2.95. The summed E-state index contributed by atoms with van der Waals surface area (Å²) in [6, 6.07) is 1.55. The highest BCUT2D eigenvalue weighted by Gasteiger charge is 2.40. The predicted octanol–water partition coefficient (Wildman–Crippen LogP) is 2.38. The molecule has 2 fully saturated rings. The second-order valence-electron chi connectivity index (χ2n) is 5.46. The van der Waals surface area contributed by atoms with Crippen LogP contribution >= 0.6 is 11.3 Å². The van der Waals surface area contributed by atoms with Gasteiger partial charge >= 0.3 is 12.0 Å². The predicted molar refractivity (Wildman–Crippen MR) is 75.6 cm³/mol. The van der Waals surface area contributed by atoms with Crippen LogP contribution in [0.3, 0.4) is 0 Å². The molecule has 0 bridgehead atoms. The first-order valence-electron chi connectivity index (χ1n) is 6.98. The first-order chi connectivity index (χ1) is 9.66. The van der Waals surface area contributed by atoms with E-state index >= 15 is 0 Å². The zero-order valence-corrected chi connectivity index (χ0v) is 12.0. The van der Waals surface area contributed by atoms with Crippen LogP contribution in [0.1, 0.15) is 31.2 Å². The third kappa shape index (κ3) is 2.65. The van der Waals surface area contributed by atoms with Gasteiger partial charge in [0.1, 0.15) is 6.04 Å². The number of urea groups is 1. The molecule has 0 aromatic carbocycles. The van der Waals surface area contributed by atoms with Crippen molar-refractivity contribution in [2.24, 2.45) is 0 Å². The zero-order valence-electron chi connectivity index (χ0n) is 11.2. The first-order valence-corrected chi connectivity index (χ1v) is 7.92. The number of hydrogen-bond acceptors (Lipinski definition) is 3. The number of nitrogens with zero attached hydrogens (tertiary/aromatic N) is 2. The van der Waals surface area contributed by atoms with Gasteiger partial charge in [0.2, 0.25) is 0 Å². The minimum atomic E-state index is -0.887. The van der Waals surface area contributed by atoms with E-state index in [0.717, 1.165) is 24.8 Å². The van der Waals surface area contributed by atoms with Crippen molar-refractivity contribution in [3.05, 3.63) is 22.4 Å². The van der Waals surface area contributed by atoms with E-state index in [1.165, 1.54) is 4.90 Å². The lowest BCUT2D eigenvalue weighted by molar-refractivity contribution is -0.141. The van der Waals surface area contributed by atoms with Crippen molar-refractivity contribution in [3.8, 4) is 0 Å². The van der Waals surface area contributed by atoms with E-state index < -0.39 is 12.0 Å². The second kappa shape index (κ2) is 5.44. The number of likely N-dealkylation sites (tertiary alicyclic amines) is 1. The maximum absolute atomic E-state index is 12.7. The molecule has 2 aliphatic rings. The van der Waals surface area contributed by atoms with Crippen LogP contribution < -0.4 is 0 Å². The summed E-state index contributed by atoms with van der Waals surface area (Å²) in [5, 5.41) is 13.3. The summed E-state index contributed by atoms with van der Waals surface area (Å²) in [4.78, 5) is 27.3. The van der Waals surface area contributed by atoms with Gasteiger partial charge in [-0.3, -0.25) is 0 Å². The molecule has 6 heteroatoms. The van der Waals surface area contributed by atoms with Crippen LogP contribution in [0.15, 0.2) is 16.8 Å². The molecular weight excluding hydrogens is 276 g/mol. The van der Waals surface area contributed by atoms with Crippen molar-refractivity contribution in [3.63, 3.8) is 0 Å². The molecule has 5 nitrogen and oxygen atoms in total. The van der Waals surface area contributed by atoms with Crippen LogP contribution in [-0.2, 0) is 11.3 Å². The Balaban J connectivity index is 1.73. The largest absolute Gasteiger partial charge is 0.480 e. The van der Waals surface area contributed by atoms with Crippen molar-refractivity contribution >= 4 is 23.3 Å². The number of carbonyl (C=O) groups is 2. The molecule has 1 atom stereocenters. The minimum Gasteiger partial charge on any atom is -0.480 e. The minimum absolute atomic E-state index is 0.108. The van der Waals surface area contributed by atoms with E-state index in [9.17, 15) is 14.7 Å². The quantitative estimate of drug-likeness (QED) is 0.927. The Kier molecular flexibility index (Phi) is 3.65. The van der Waals surface area contributed by atoms with Crippen LogP contribution in [0.2, 0.25) is 0 Å². The van der Waals surface area contributed by atoms with Gasteiger partial charge in [0, 0.05) is 19.1 Å². The molecule has 1 aliphatic carbocycles. The highest BCUT2D eigenvalue weighted by atomic mass is 32.1. The molecule has 1 aromatic rings. The van der Waals surface area contributed by atoms with Crippen molar-refractivity contribution in [2.45, 2.75) is 44.3 Å². The molecule has 2 amide bonds. The summed E-state index contributed by atoms with van der Waals surface area (Å²) >= 11 is 1.62. The van der Waals surface area contributed by atoms with Gasteiger partial charge in [-0.05, 0) is 48.1 Å². The Hall–Kier alpha value is -1.56. The molecule has 0 unspecified atom stereocenters. The molecule has 0 spiro atoms. The maximum atomic E-state index is 12.7. The van der Waals surface area contributed by atoms with Crippen molar-refractivity contribution in [2.75, 3.05) is 6.54 Å². The zero-order chi connectivity index (χ0) is 14.1. The number of carboxylic acids is 1. The van der Waals surface area contributed by atoms with Crippen LogP contribution in [-0.4, -0.2) is 45.5 Å². The summed E-state index contributed by atoms with van der Waals surface area (Å²) in [6.45, 7) is 1.15. The third-order valence-corrected chi connectivity index (χ3v) is 4.68. The molecular formula is C14H18N2O3S. The molecule has 108 valence electrons. The standard InChI is InChI=1S/C14H18N2O3S/c17-13(18)12-2-1-6-15(12)14(19)16(11-3-4-11)8-10-5-7-20-9-10/h5,7,9,11-12H,1-4,6,8H2,(H,17,18)/t12-/m1/s1. The molecule has 0 radical (unpaired) electrons. The summed E-state index contributed by atoms with van der Waals surface area (Å²) in [6.07, 6.45) is 3.40. The van der Waals surface area contributed by atoms with Gasteiger partial charge < -0.3 is 14.9 Å². The van der Waals surface area contributed by atoms with Crippen LogP contribution in [0.5, 0.6) is 0 Å². The molecule has 3 rings (SSSR count). The van der Waals surface area contributed by atoms with Crippen molar-refractivity contribution in [1.29, 1.82) is 0 Å². The van der Waals surface area contributed by atoms with E-state index in [0.29, 0.717) is 19.5 Å². The average molecular weight is 294 g/mol. The lowest BCUT2D eigenvalue weighted by Gasteiger charge is -2.30. The molecule has 1 saturated heterocycles. The number of rotatable bonds is 4. The van der Waals surface area contributed by atoms with Gasteiger partial charge in [-0.1, -0.05) is 0 Å². The molecule has 20 heavy (non-hydrogen) atoms. The summed E-state index contributed by atoms with van der Waals surface area (Å²) in [5.74, 6) is -0.887.